The van der Waals surface area contributed by atoms with E-state index in [0.29, 0.717) is 18.0 Å². The lowest BCUT2D eigenvalue weighted by Crippen LogP contribution is -2.44. The van der Waals surface area contributed by atoms with Gasteiger partial charge in [0, 0.05) is 35.4 Å². The molecule has 0 bridgehead atoms. The van der Waals surface area contributed by atoms with Gasteiger partial charge in [-0.2, -0.15) is 0 Å². The Morgan fingerprint density at radius 3 is 2.81 bits per heavy atom. The Morgan fingerprint density at radius 2 is 2.10 bits per heavy atom. The molecule has 0 amide bonds. The fraction of sp³-hybridized carbons (Fsp3) is 0.533. The summed E-state index contributed by atoms with van der Waals surface area (Å²) in [5.41, 5.74) is 6.88. The highest BCUT2D eigenvalue weighted by molar-refractivity contribution is 5.88. The average molecular weight is 284 g/mol. The van der Waals surface area contributed by atoms with Crippen molar-refractivity contribution in [3.05, 3.63) is 18.5 Å². The van der Waals surface area contributed by atoms with Crippen molar-refractivity contribution in [3.8, 4) is 0 Å². The molecule has 0 saturated heterocycles. The van der Waals surface area contributed by atoms with Crippen molar-refractivity contribution in [1.29, 1.82) is 0 Å². The van der Waals surface area contributed by atoms with E-state index in [4.69, 9.17) is 5.73 Å². The molecule has 2 aliphatic carbocycles. The number of aromatic nitrogens is 3. The molecule has 6 heteroatoms. The standard InChI is InChI=1S/C15H20N6/c1-15(3-4-15)21-13-12-9(2-5-17-13)8-18-14(20-12)19-11-6-10(16)7-11/h2,5,8,10-11H,3-4,6-7,16H2,1H3,(H,17,21)(H,18,19,20). The normalized spacial score (nSPS) is 26.2. The minimum Gasteiger partial charge on any atom is -0.363 e. The molecule has 0 radical (unpaired) electrons. The van der Waals surface area contributed by atoms with E-state index in [1.165, 1.54) is 12.8 Å². The molecule has 2 fully saturated rings. The second-order valence-electron chi connectivity index (χ2n) is 6.55. The molecule has 4 N–H and O–H groups in total. The Hall–Kier alpha value is -1.95. The number of anilines is 2. The van der Waals surface area contributed by atoms with Crippen LogP contribution in [0, 0.1) is 0 Å². The van der Waals surface area contributed by atoms with Crippen molar-refractivity contribution in [3.63, 3.8) is 0 Å². The first kappa shape index (κ1) is 12.8. The van der Waals surface area contributed by atoms with Crippen LogP contribution in [0.25, 0.3) is 10.9 Å². The predicted molar refractivity (Wildman–Crippen MR) is 83.2 cm³/mol. The Labute approximate surface area is 123 Å². The second kappa shape index (κ2) is 4.53. The van der Waals surface area contributed by atoms with E-state index in [2.05, 4.69) is 32.5 Å². The quantitative estimate of drug-likeness (QED) is 0.794. The van der Waals surface area contributed by atoms with Gasteiger partial charge in [-0.25, -0.2) is 15.0 Å². The number of hydrogen-bond acceptors (Lipinski definition) is 6. The van der Waals surface area contributed by atoms with Crippen LogP contribution in [0.4, 0.5) is 11.8 Å². The highest BCUT2D eigenvalue weighted by Gasteiger charge is 2.38. The zero-order valence-electron chi connectivity index (χ0n) is 12.1. The number of rotatable bonds is 4. The fourth-order valence-corrected chi connectivity index (χ4v) is 2.68. The third kappa shape index (κ3) is 2.51. The van der Waals surface area contributed by atoms with E-state index >= 15 is 0 Å². The third-order valence-corrected chi connectivity index (χ3v) is 4.43. The largest absolute Gasteiger partial charge is 0.363 e. The molecule has 0 atom stereocenters. The number of hydrogen-bond donors (Lipinski definition) is 3. The van der Waals surface area contributed by atoms with Gasteiger partial charge in [0.05, 0.1) is 0 Å². The summed E-state index contributed by atoms with van der Waals surface area (Å²) in [5.74, 6) is 1.51. The van der Waals surface area contributed by atoms with Gasteiger partial charge in [-0.3, -0.25) is 0 Å². The lowest BCUT2D eigenvalue weighted by molar-refractivity contribution is 0.372. The molecular weight excluding hydrogens is 264 g/mol. The summed E-state index contributed by atoms with van der Waals surface area (Å²) in [7, 11) is 0. The maximum atomic E-state index is 5.81. The average Bonchev–Trinajstić information content (AvgIpc) is 3.15. The third-order valence-electron chi connectivity index (χ3n) is 4.43. The summed E-state index contributed by atoms with van der Waals surface area (Å²) in [6.45, 7) is 2.21. The van der Waals surface area contributed by atoms with Crippen molar-refractivity contribution in [2.24, 2.45) is 5.73 Å². The lowest BCUT2D eigenvalue weighted by Gasteiger charge is -2.32. The van der Waals surface area contributed by atoms with E-state index in [-0.39, 0.29) is 5.54 Å². The number of pyridine rings is 1. The van der Waals surface area contributed by atoms with Crippen LogP contribution >= 0.6 is 0 Å². The van der Waals surface area contributed by atoms with Crippen LogP contribution in [0.15, 0.2) is 18.5 Å². The summed E-state index contributed by atoms with van der Waals surface area (Å²) < 4.78 is 0. The highest BCUT2D eigenvalue weighted by Crippen LogP contribution is 2.38. The summed E-state index contributed by atoms with van der Waals surface area (Å²) in [6.07, 6.45) is 7.99. The SMILES string of the molecule is CC1(Nc2nccc3cnc(NC4CC(N)C4)nc23)CC1. The fourth-order valence-electron chi connectivity index (χ4n) is 2.68. The van der Waals surface area contributed by atoms with Crippen molar-refractivity contribution < 1.29 is 0 Å². The summed E-state index contributed by atoms with van der Waals surface area (Å²) in [4.78, 5) is 13.5. The van der Waals surface area contributed by atoms with Gasteiger partial charge in [0.2, 0.25) is 5.95 Å². The molecule has 0 aliphatic heterocycles. The molecule has 2 saturated carbocycles. The molecule has 2 aromatic heterocycles. The maximum Gasteiger partial charge on any atom is 0.223 e. The number of fused-ring (bicyclic) bond motifs is 1. The van der Waals surface area contributed by atoms with Crippen LogP contribution < -0.4 is 16.4 Å². The monoisotopic (exact) mass is 284 g/mol. The summed E-state index contributed by atoms with van der Waals surface area (Å²) >= 11 is 0. The zero-order chi connectivity index (χ0) is 14.4. The molecule has 110 valence electrons. The van der Waals surface area contributed by atoms with Crippen molar-refractivity contribution >= 4 is 22.7 Å². The first-order valence-electron chi connectivity index (χ1n) is 7.53. The molecule has 0 aromatic carbocycles. The molecule has 0 spiro atoms. The van der Waals surface area contributed by atoms with Crippen LogP contribution in [-0.2, 0) is 0 Å². The first-order chi connectivity index (χ1) is 10.1. The van der Waals surface area contributed by atoms with E-state index in [1.807, 2.05) is 12.3 Å². The van der Waals surface area contributed by atoms with Gasteiger partial charge in [0.1, 0.15) is 5.52 Å². The maximum absolute atomic E-state index is 5.81. The lowest BCUT2D eigenvalue weighted by atomic mass is 9.88. The minimum absolute atomic E-state index is 0.181. The predicted octanol–water partition coefficient (Wildman–Crippen LogP) is 1.89. The smallest absolute Gasteiger partial charge is 0.223 e. The van der Waals surface area contributed by atoms with Crippen LogP contribution in [0.5, 0.6) is 0 Å². The van der Waals surface area contributed by atoms with Gasteiger partial charge in [0.25, 0.3) is 0 Å². The Morgan fingerprint density at radius 1 is 1.29 bits per heavy atom. The Balaban J connectivity index is 1.63. The minimum atomic E-state index is 0.181. The van der Waals surface area contributed by atoms with E-state index in [0.717, 1.165) is 29.6 Å². The van der Waals surface area contributed by atoms with Gasteiger partial charge in [0.15, 0.2) is 5.82 Å². The molecule has 2 aromatic rings. The van der Waals surface area contributed by atoms with Gasteiger partial charge < -0.3 is 16.4 Å². The topological polar surface area (TPSA) is 88.8 Å². The molecule has 6 nitrogen and oxygen atoms in total. The molecule has 0 unspecified atom stereocenters. The Bertz CT molecular complexity index is 675. The molecule has 4 rings (SSSR count). The van der Waals surface area contributed by atoms with Crippen molar-refractivity contribution in [2.75, 3.05) is 10.6 Å². The number of nitrogens with one attached hydrogen (secondary N) is 2. The highest BCUT2D eigenvalue weighted by atomic mass is 15.1. The first-order valence-corrected chi connectivity index (χ1v) is 7.53. The van der Waals surface area contributed by atoms with Crippen molar-refractivity contribution in [1.82, 2.24) is 15.0 Å². The van der Waals surface area contributed by atoms with Crippen LogP contribution in [0.1, 0.15) is 32.6 Å². The van der Waals surface area contributed by atoms with Crippen LogP contribution in [0.2, 0.25) is 0 Å². The van der Waals surface area contributed by atoms with Crippen LogP contribution in [0.3, 0.4) is 0 Å². The molecule has 2 heterocycles. The van der Waals surface area contributed by atoms with E-state index in [9.17, 15) is 0 Å². The molecule has 21 heavy (non-hydrogen) atoms. The van der Waals surface area contributed by atoms with Gasteiger partial charge >= 0.3 is 0 Å². The van der Waals surface area contributed by atoms with E-state index in [1.54, 1.807) is 6.20 Å². The Kier molecular flexibility index (Phi) is 2.75. The van der Waals surface area contributed by atoms with Crippen molar-refractivity contribution in [2.45, 2.75) is 50.2 Å². The van der Waals surface area contributed by atoms with Crippen LogP contribution in [-0.4, -0.2) is 32.6 Å². The molecular formula is C15H20N6. The van der Waals surface area contributed by atoms with E-state index < -0.39 is 0 Å². The van der Waals surface area contributed by atoms with Gasteiger partial charge in [-0.1, -0.05) is 0 Å². The zero-order valence-corrected chi connectivity index (χ0v) is 12.1. The second-order valence-corrected chi connectivity index (χ2v) is 6.55. The van der Waals surface area contributed by atoms with Gasteiger partial charge in [-0.15, -0.1) is 0 Å². The summed E-state index contributed by atoms with van der Waals surface area (Å²) in [5, 5.41) is 7.86. The number of nitrogens with two attached hydrogens (primary N) is 1. The van der Waals surface area contributed by atoms with Gasteiger partial charge in [-0.05, 0) is 38.7 Å². The number of nitrogens with zero attached hydrogens (tertiary/aromatic N) is 3. The summed E-state index contributed by atoms with van der Waals surface area (Å²) in [6, 6.07) is 2.65. The molecule has 2 aliphatic rings.